The van der Waals surface area contributed by atoms with Gasteiger partial charge in [-0.1, -0.05) is 6.92 Å². The average molecular weight is 218 g/mol. The molecule has 0 saturated heterocycles. The van der Waals surface area contributed by atoms with Gasteiger partial charge >= 0.3 is 0 Å². The van der Waals surface area contributed by atoms with Crippen LogP contribution in [0.4, 0.5) is 0 Å². The molecule has 5 heteroatoms. The van der Waals surface area contributed by atoms with Crippen LogP contribution >= 0.6 is 0 Å². The molecule has 15 heavy (non-hydrogen) atoms. The lowest BCUT2D eigenvalue weighted by atomic mass is 10.0. The fourth-order valence-electron chi connectivity index (χ4n) is 1.01. The molecule has 0 spiro atoms. The van der Waals surface area contributed by atoms with Gasteiger partial charge < -0.3 is 20.9 Å². The van der Waals surface area contributed by atoms with Gasteiger partial charge in [0.2, 0.25) is 5.91 Å². The van der Waals surface area contributed by atoms with Crippen LogP contribution in [0.3, 0.4) is 0 Å². The summed E-state index contributed by atoms with van der Waals surface area (Å²) in [6, 6.07) is -0.616. The van der Waals surface area contributed by atoms with Gasteiger partial charge in [0, 0.05) is 26.4 Å². The van der Waals surface area contributed by atoms with Gasteiger partial charge in [0.25, 0.3) is 0 Å². The number of rotatable bonds is 7. The number of carbonyl (C=O) groups is 1. The van der Waals surface area contributed by atoms with Crippen molar-refractivity contribution in [1.29, 1.82) is 0 Å². The molecule has 3 unspecified atom stereocenters. The topological polar surface area (TPSA) is 84.6 Å². The Morgan fingerprint density at radius 2 is 2.13 bits per heavy atom. The summed E-state index contributed by atoms with van der Waals surface area (Å²) in [4.78, 5) is 11.5. The standard InChI is InChI=1S/C10H22N2O3/c1-7(6-13)8(2)12-10(14)9(11)4-5-15-3/h7-9,13H,4-6,11H2,1-3H3,(H,12,14). The number of hydrogen-bond acceptors (Lipinski definition) is 4. The second kappa shape index (κ2) is 7.62. The lowest BCUT2D eigenvalue weighted by molar-refractivity contribution is -0.123. The van der Waals surface area contributed by atoms with Crippen LogP contribution in [0.1, 0.15) is 20.3 Å². The molecule has 0 aliphatic heterocycles. The molecule has 4 N–H and O–H groups in total. The van der Waals surface area contributed by atoms with Crippen LogP contribution in [-0.2, 0) is 9.53 Å². The molecule has 5 nitrogen and oxygen atoms in total. The van der Waals surface area contributed by atoms with E-state index in [1.54, 1.807) is 7.11 Å². The van der Waals surface area contributed by atoms with Crippen LogP contribution in [-0.4, -0.2) is 43.4 Å². The highest BCUT2D eigenvalue weighted by atomic mass is 16.5. The highest BCUT2D eigenvalue weighted by Crippen LogP contribution is 2.01. The maximum Gasteiger partial charge on any atom is 0.237 e. The minimum Gasteiger partial charge on any atom is -0.396 e. The average Bonchev–Trinajstić information content (AvgIpc) is 2.24. The van der Waals surface area contributed by atoms with Crippen LogP contribution in [0, 0.1) is 5.92 Å². The van der Waals surface area contributed by atoms with Crippen LogP contribution < -0.4 is 11.1 Å². The molecule has 90 valence electrons. The van der Waals surface area contributed by atoms with Gasteiger partial charge in [-0.3, -0.25) is 4.79 Å². The van der Waals surface area contributed by atoms with Crippen molar-refractivity contribution in [2.75, 3.05) is 20.3 Å². The molecule has 0 rings (SSSR count). The van der Waals surface area contributed by atoms with Crippen molar-refractivity contribution < 1.29 is 14.6 Å². The highest BCUT2D eigenvalue weighted by Gasteiger charge is 2.18. The number of methoxy groups -OCH3 is 1. The number of nitrogens with one attached hydrogen (secondary N) is 1. The third-order valence-electron chi connectivity index (χ3n) is 2.48. The molecule has 0 aromatic carbocycles. The van der Waals surface area contributed by atoms with E-state index >= 15 is 0 Å². The molecular formula is C10H22N2O3. The van der Waals surface area contributed by atoms with Gasteiger partial charge in [-0.25, -0.2) is 0 Å². The van der Waals surface area contributed by atoms with Gasteiger partial charge in [-0.05, 0) is 19.3 Å². The zero-order valence-electron chi connectivity index (χ0n) is 9.69. The summed E-state index contributed by atoms with van der Waals surface area (Å²) in [6.45, 7) is 4.24. The third kappa shape index (κ3) is 5.71. The van der Waals surface area contributed by atoms with Crippen LogP contribution in [0.25, 0.3) is 0 Å². The van der Waals surface area contributed by atoms with Gasteiger partial charge in [0.1, 0.15) is 0 Å². The zero-order chi connectivity index (χ0) is 11.8. The summed E-state index contributed by atoms with van der Waals surface area (Å²) >= 11 is 0. The molecule has 0 bridgehead atoms. The number of nitrogens with two attached hydrogens (primary N) is 1. The maximum atomic E-state index is 11.5. The number of aliphatic hydroxyl groups excluding tert-OH is 1. The lowest BCUT2D eigenvalue weighted by Gasteiger charge is -2.21. The van der Waals surface area contributed by atoms with Crippen molar-refractivity contribution in [1.82, 2.24) is 5.32 Å². The minimum atomic E-state index is -0.543. The third-order valence-corrected chi connectivity index (χ3v) is 2.48. The molecule has 3 atom stereocenters. The summed E-state index contributed by atoms with van der Waals surface area (Å²) in [7, 11) is 1.57. The Morgan fingerprint density at radius 1 is 1.53 bits per heavy atom. The van der Waals surface area contributed by atoms with Gasteiger partial charge in [-0.2, -0.15) is 0 Å². The Bertz CT molecular complexity index is 188. The number of amides is 1. The summed E-state index contributed by atoms with van der Waals surface area (Å²) in [6.07, 6.45) is 0.503. The molecule has 1 amide bonds. The van der Waals surface area contributed by atoms with Crippen LogP contribution in [0.2, 0.25) is 0 Å². The van der Waals surface area contributed by atoms with Gasteiger partial charge in [0.05, 0.1) is 6.04 Å². The minimum absolute atomic E-state index is 0.0311. The highest BCUT2D eigenvalue weighted by molar-refractivity contribution is 5.81. The summed E-state index contributed by atoms with van der Waals surface area (Å²) in [5, 5.41) is 11.7. The molecule has 0 saturated carbocycles. The molecule has 0 aliphatic carbocycles. The van der Waals surface area contributed by atoms with E-state index in [-0.39, 0.29) is 24.5 Å². The first-order valence-corrected chi connectivity index (χ1v) is 5.18. The van der Waals surface area contributed by atoms with E-state index in [4.69, 9.17) is 15.6 Å². The first kappa shape index (κ1) is 14.3. The van der Waals surface area contributed by atoms with E-state index in [0.717, 1.165) is 0 Å². The Morgan fingerprint density at radius 3 is 2.60 bits per heavy atom. The first-order chi connectivity index (χ1) is 7.02. The molecule has 0 fully saturated rings. The monoisotopic (exact) mass is 218 g/mol. The number of carbonyl (C=O) groups excluding carboxylic acids is 1. The Labute approximate surface area is 91.0 Å². The van der Waals surface area contributed by atoms with Crippen molar-refractivity contribution in [2.45, 2.75) is 32.4 Å². The molecule has 0 aromatic rings. The zero-order valence-corrected chi connectivity index (χ0v) is 9.69. The van der Waals surface area contributed by atoms with Gasteiger partial charge in [0.15, 0.2) is 0 Å². The smallest absolute Gasteiger partial charge is 0.237 e. The number of hydrogen-bond donors (Lipinski definition) is 3. The molecule has 0 radical (unpaired) electrons. The van der Waals surface area contributed by atoms with Crippen molar-refractivity contribution in [2.24, 2.45) is 11.7 Å². The molecule has 0 heterocycles. The van der Waals surface area contributed by atoms with Crippen LogP contribution in [0.15, 0.2) is 0 Å². The molecule has 0 aliphatic rings. The fraction of sp³-hybridized carbons (Fsp3) is 0.900. The Hall–Kier alpha value is -0.650. The van der Waals surface area contributed by atoms with Crippen LogP contribution in [0.5, 0.6) is 0 Å². The van der Waals surface area contributed by atoms with E-state index in [9.17, 15) is 4.79 Å². The van der Waals surface area contributed by atoms with E-state index in [1.807, 2.05) is 13.8 Å². The van der Waals surface area contributed by atoms with E-state index in [1.165, 1.54) is 0 Å². The predicted octanol–water partition coefficient (Wildman–Crippen LogP) is -0.517. The number of ether oxygens (including phenoxy) is 1. The fourth-order valence-corrected chi connectivity index (χ4v) is 1.01. The van der Waals surface area contributed by atoms with Crippen molar-refractivity contribution in [3.63, 3.8) is 0 Å². The van der Waals surface area contributed by atoms with E-state index in [2.05, 4.69) is 5.32 Å². The van der Waals surface area contributed by atoms with Crippen molar-refractivity contribution in [3.05, 3.63) is 0 Å². The van der Waals surface area contributed by atoms with E-state index < -0.39 is 6.04 Å². The van der Waals surface area contributed by atoms with Gasteiger partial charge in [-0.15, -0.1) is 0 Å². The SMILES string of the molecule is COCCC(N)C(=O)NC(C)C(C)CO. The Kier molecular flexibility index (Phi) is 7.29. The quantitative estimate of drug-likeness (QED) is 0.537. The predicted molar refractivity (Wildman–Crippen MR) is 58.3 cm³/mol. The Balaban J connectivity index is 3.90. The number of aliphatic hydroxyl groups is 1. The molecule has 0 aromatic heterocycles. The van der Waals surface area contributed by atoms with Crippen molar-refractivity contribution in [3.8, 4) is 0 Å². The summed E-state index contributed by atoms with van der Waals surface area (Å²) in [5.74, 6) is -0.163. The largest absolute Gasteiger partial charge is 0.396 e. The normalized spacial score (nSPS) is 16.9. The second-order valence-corrected chi connectivity index (χ2v) is 3.85. The lowest BCUT2D eigenvalue weighted by Crippen LogP contribution is -2.47. The summed E-state index contributed by atoms with van der Waals surface area (Å²) < 4.78 is 4.84. The first-order valence-electron chi connectivity index (χ1n) is 5.18. The maximum absolute atomic E-state index is 11.5. The second-order valence-electron chi connectivity index (χ2n) is 3.85. The summed E-state index contributed by atoms with van der Waals surface area (Å²) in [5.41, 5.74) is 5.64. The molecular weight excluding hydrogens is 196 g/mol. The van der Waals surface area contributed by atoms with E-state index in [0.29, 0.717) is 13.0 Å². The van der Waals surface area contributed by atoms with Crippen molar-refractivity contribution >= 4 is 5.91 Å².